The van der Waals surface area contributed by atoms with Gasteiger partial charge < -0.3 is 4.57 Å². The molecule has 9 heteroatoms. The van der Waals surface area contributed by atoms with Crippen molar-refractivity contribution in [2.75, 3.05) is 0 Å². The number of aromatic nitrogens is 1. The zero-order valence-corrected chi connectivity index (χ0v) is 17.0. The summed E-state index contributed by atoms with van der Waals surface area (Å²) in [6.45, 7) is 3.75. The summed E-state index contributed by atoms with van der Waals surface area (Å²) in [7, 11) is 0. The zero-order valence-electron chi connectivity index (χ0n) is 16.2. The van der Waals surface area contributed by atoms with Crippen molar-refractivity contribution in [1.29, 1.82) is 0 Å². The Morgan fingerprint density at radius 2 is 2.00 bits per heavy atom. The second kappa shape index (κ2) is 8.87. The van der Waals surface area contributed by atoms with Crippen molar-refractivity contribution in [3.63, 3.8) is 0 Å². The van der Waals surface area contributed by atoms with E-state index < -0.39 is 16.6 Å². The molecule has 0 spiro atoms. The van der Waals surface area contributed by atoms with Gasteiger partial charge in [0.15, 0.2) is 0 Å². The number of nitrogens with one attached hydrogen (secondary N) is 1. The van der Waals surface area contributed by atoms with Gasteiger partial charge in [0, 0.05) is 34.3 Å². The second-order valence-corrected chi connectivity index (χ2v) is 7.02. The molecule has 0 saturated heterocycles. The Morgan fingerprint density at radius 3 is 2.70 bits per heavy atom. The lowest BCUT2D eigenvalue weighted by Crippen LogP contribution is -2.20. The van der Waals surface area contributed by atoms with Gasteiger partial charge in [-0.3, -0.25) is 14.9 Å². The number of benzene rings is 2. The molecule has 0 aliphatic carbocycles. The molecule has 30 heavy (non-hydrogen) atoms. The minimum atomic E-state index is -0.525. The van der Waals surface area contributed by atoms with Crippen LogP contribution in [0.5, 0.6) is 0 Å². The molecule has 0 aliphatic rings. The first kappa shape index (κ1) is 21.2. The quantitative estimate of drug-likeness (QED) is 0.356. The van der Waals surface area contributed by atoms with Gasteiger partial charge in [0.2, 0.25) is 5.91 Å². The first-order valence-electron chi connectivity index (χ1n) is 8.96. The minimum absolute atomic E-state index is 0.0254. The first-order chi connectivity index (χ1) is 14.3. The number of amides is 1. The highest BCUT2D eigenvalue weighted by Crippen LogP contribution is 2.24. The summed E-state index contributed by atoms with van der Waals surface area (Å²) in [6, 6.07) is 12.4. The third kappa shape index (κ3) is 4.55. The van der Waals surface area contributed by atoms with Crippen LogP contribution in [0.15, 0.2) is 53.6 Å². The van der Waals surface area contributed by atoms with Gasteiger partial charge >= 0.3 is 0 Å². The molecule has 0 bridgehead atoms. The van der Waals surface area contributed by atoms with Crippen LogP contribution in [0.3, 0.4) is 0 Å². The van der Waals surface area contributed by atoms with Crippen molar-refractivity contribution in [2.24, 2.45) is 5.10 Å². The highest BCUT2D eigenvalue weighted by atomic mass is 35.5. The van der Waals surface area contributed by atoms with Gasteiger partial charge in [-0.2, -0.15) is 5.10 Å². The number of carbonyl (C=O) groups excluding carboxylic acids is 1. The maximum atomic E-state index is 13.4. The number of nitrogens with zero attached hydrogens (tertiary/aromatic N) is 3. The molecule has 0 saturated carbocycles. The number of rotatable bonds is 6. The minimum Gasteiger partial charge on any atom is -0.318 e. The van der Waals surface area contributed by atoms with Gasteiger partial charge in [-0.15, -0.1) is 0 Å². The molecule has 7 nitrogen and oxygen atoms in total. The monoisotopic (exact) mass is 428 g/mol. The number of halogens is 2. The number of hydrogen-bond acceptors (Lipinski definition) is 4. The summed E-state index contributed by atoms with van der Waals surface area (Å²) < 4.78 is 15.3. The third-order valence-electron chi connectivity index (χ3n) is 4.56. The molecule has 3 aromatic rings. The van der Waals surface area contributed by atoms with Gasteiger partial charge in [-0.1, -0.05) is 29.8 Å². The van der Waals surface area contributed by atoms with Crippen LogP contribution < -0.4 is 5.43 Å². The fourth-order valence-corrected chi connectivity index (χ4v) is 3.34. The van der Waals surface area contributed by atoms with Crippen molar-refractivity contribution in [2.45, 2.75) is 20.3 Å². The molecule has 1 heterocycles. The van der Waals surface area contributed by atoms with Gasteiger partial charge in [-0.25, -0.2) is 9.82 Å². The highest BCUT2D eigenvalue weighted by molar-refractivity contribution is 6.30. The lowest BCUT2D eigenvalue weighted by atomic mass is 10.1. The largest absolute Gasteiger partial charge is 0.318 e. The van der Waals surface area contributed by atoms with Crippen LogP contribution >= 0.6 is 11.6 Å². The highest BCUT2D eigenvalue weighted by Gasteiger charge is 2.15. The molecule has 154 valence electrons. The molecule has 0 radical (unpaired) electrons. The Kier molecular flexibility index (Phi) is 6.27. The predicted molar refractivity (Wildman–Crippen MR) is 113 cm³/mol. The van der Waals surface area contributed by atoms with Crippen LogP contribution in [0, 0.1) is 29.8 Å². The maximum Gasteiger partial charge on any atom is 0.273 e. The Labute approximate surface area is 176 Å². The molecule has 0 fully saturated rings. The molecule has 0 unspecified atom stereocenters. The van der Waals surface area contributed by atoms with E-state index in [9.17, 15) is 19.3 Å². The van der Waals surface area contributed by atoms with Crippen molar-refractivity contribution < 1.29 is 14.1 Å². The van der Waals surface area contributed by atoms with E-state index in [4.69, 9.17) is 11.6 Å². The lowest BCUT2D eigenvalue weighted by molar-refractivity contribution is -0.385. The summed E-state index contributed by atoms with van der Waals surface area (Å²) >= 11 is 5.89. The molecular formula is C21H18ClFN4O3. The first-order valence-corrected chi connectivity index (χ1v) is 9.34. The van der Waals surface area contributed by atoms with Gasteiger partial charge in [0.1, 0.15) is 5.82 Å². The van der Waals surface area contributed by atoms with E-state index in [0.29, 0.717) is 11.3 Å². The molecule has 0 atom stereocenters. The van der Waals surface area contributed by atoms with Crippen LogP contribution in [0.1, 0.15) is 22.5 Å². The van der Waals surface area contributed by atoms with E-state index in [0.717, 1.165) is 17.0 Å². The summed E-state index contributed by atoms with van der Waals surface area (Å²) in [4.78, 5) is 22.6. The van der Waals surface area contributed by atoms with E-state index >= 15 is 0 Å². The molecule has 1 N–H and O–H groups in total. The van der Waals surface area contributed by atoms with E-state index in [1.165, 1.54) is 30.5 Å². The molecule has 3 rings (SSSR count). The summed E-state index contributed by atoms with van der Waals surface area (Å²) in [5, 5.41) is 15.0. The Hall–Kier alpha value is -3.52. The number of nitro groups is 1. The van der Waals surface area contributed by atoms with Crippen molar-refractivity contribution >= 4 is 29.4 Å². The fraction of sp³-hybridized carbons (Fsp3) is 0.143. The standard InChI is InChI=1S/C21H18ClFN4O3/c1-13-9-16(14(2)26(13)17-7-8-19(23)18(22)11-17)12-24-25-21(28)10-15-5-3-4-6-20(15)27(29)30/h3-9,11-12H,10H2,1-2H3,(H,25,28). The SMILES string of the molecule is Cc1cc(C=NNC(=O)Cc2ccccc2[N+](=O)[O-])c(C)n1-c1ccc(F)c(Cl)c1. The van der Waals surface area contributed by atoms with Crippen LogP contribution in [0.2, 0.25) is 5.02 Å². The molecule has 2 aromatic carbocycles. The number of hydrogen-bond donors (Lipinski definition) is 1. The average Bonchev–Trinajstić information content (AvgIpc) is 2.98. The second-order valence-electron chi connectivity index (χ2n) is 6.62. The van der Waals surface area contributed by atoms with Crippen molar-refractivity contribution in [1.82, 2.24) is 9.99 Å². The van der Waals surface area contributed by atoms with E-state index in [-0.39, 0.29) is 17.1 Å². The third-order valence-corrected chi connectivity index (χ3v) is 4.85. The molecular weight excluding hydrogens is 411 g/mol. The Morgan fingerprint density at radius 1 is 1.27 bits per heavy atom. The van der Waals surface area contributed by atoms with Crippen molar-refractivity contribution in [3.8, 4) is 5.69 Å². The van der Waals surface area contributed by atoms with Crippen molar-refractivity contribution in [3.05, 3.63) is 92.0 Å². The zero-order chi connectivity index (χ0) is 21.8. The molecule has 1 aromatic heterocycles. The number of hydrazone groups is 1. The lowest BCUT2D eigenvalue weighted by Gasteiger charge is -2.10. The van der Waals surface area contributed by atoms with Gasteiger partial charge in [-0.05, 0) is 38.1 Å². The average molecular weight is 429 g/mol. The molecule has 0 aliphatic heterocycles. The van der Waals surface area contributed by atoms with E-state index in [1.807, 2.05) is 24.5 Å². The van der Waals surface area contributed by atoms with Crippen LogP contribution in [-0.2, 0) is 11.2 Å². The number of nitro benzene ring substituents is 1. The summed E-state index contributed by atoms with van der Waals surface area (Å²) in [5.41, 5.74) is 5.74. The normalized spacial score (nSPS) is 11.1. The number of para-hydroxylation sites is 1. The smallest absolute Gasteiger partial charge is 0.273 e. The van der Waals surface area contributed by atoms with Crippen LogP contribution in [0.4, 0.5) is 10.1 Å². The number of carbonyl (C=O) groups is 1. The Balaban J connectivity index is 1.74. The molecule has 1 amide bonds. The maximum absolute atomic E-state index is 13.4. The Bertz CT molecular complexity index is 1160. The fourth-order valence-electron chi connectivity index (χ4n) is 3.16. The summed E-state index contributed by atoms with van der Waals surface area (Å²) in [6.07, 6.45) is 1.32. The number of aryl methyl sites for hydroxylation is 1. The van der Waals surface area contributed by atoms with Crippen LogP contribution in [0.25, 0.3) is 5.69 Å². The van der Waals surface area contributed by atoms with Crippen LogP contribution in [-0.4, -0.2) is 21.6 Å². The van der Waals surface area contributed by atoms with Gasteiger partial charge in [0.25, 0.3) is 5.69 Å². The van der Waals surface area contributed by atoms with Gasteiger partial charge in [0.05, 0.1) is 22.6 Å². The van der Waals surface area contributed by atoms with E-state index in [1.54, 1.807) is 18.2 Å². The summed E-state index contributed by atoms with van der Waals surface area (Å²) in [5.74, 6) is -0.967. The van der Waals surface area contributed by atoms with E-state index in [2.05, 4.69) is 10.5 Å². The topological polar surface area (TPSA) is 89.5 Å². The predicted octanol–water partition coefficient (Wildman–Crippen LogP) is 4.49.